The van der Waals surface area contributed by atoms with Gasteiger partial charge in [-0.25, -0.2) is 0 Å². The average Bonchev–Trinajstić information content (AvgIpc) is 2.83. The Morgan fingerprint density at radius 1 is 1.61 bits per heavy atom. The van der Waals surface area contributed by atoms with Crippen molar-refractivity contribution in [1.29, 1.82) is 0 Å². The monoisotopic (exact) mass is 288 g/mol. The van der Waals surface area contributed by atoms with E-state index in [9.17, 15) is 0 Å². The van der Waals surface area contributed by atoms with Gasteiger partial charge in [-0.3, -0.25) is 4.90 Å². The fourth-order valence-corrected chi connectivity index (χ4v) is 3.84. The first-order valence-corrected chi connectivity index (χ1v) is 7.59. The van der Waals surface area contributed by atoms with Crippen LogP contribution in [0.4, 0.5) is 0 Å². The number of thiophene rings is 1. The van der Waals surface area contributed by atoms with Crippen molar-refractivity contribution in [3.63, 3.8) is 0 Å². The predicted octanol–water partition coefficient (Wildman–Crippen LogP) is 2.90. The zero-order chi connectivity index (χ0) is 13.1. The molecular weight excluding hydrogens is 268 g/mol. The third-order valence-electron chi connectivity index (χ3n) is 3.82. The van der Waals surface area contributed by atoms with E-state index >= 15 is 0 Å². The zero-order valence-corrected chi connectivity index (χ0v) is 12.5. The maximum atomic E-state index is 6.01. The number of halogens is 1. The van der Waals surface area contributed by atoms with E-state index in [0.717, 1.165) is 23.7 Å². The van der Waals surface area contributed by atoms with Gasteiger partial charge in [-0.2, -0.15) is 0 Å². The molecule has 1 fully saturated rings. The smallest absolute Gasteiger partial charge is 0.0931 e. The molecule has 0 radical (unpaired) electrons. The van der Waals surface area contributed by atoms with Crippen molar-refractivity contribution < 1.29 is 4.74 Å². The molecule has 18 heavy (non-hydrogen) atoms. The van der Waals surface area contributed by atoms with Crippen LogP contribution in [0.2, 0.25) is 4.34 Å². The summed E-state index contributed by atoms with van der Waals surface area (Å²) in [6, 6.07) is 4.87. The second-order valence-corrected chi connectivity index (χ2v) is 6.57. The number of methoxy groups -OCH3 is 1. The van der Waals surface area contributed by atoms with Gasteiger partial charge in [0.05, 0.1) is 10.4 Å². The SMILES string of the molecule is COC1CCN(C(C)c2ccc(Cl)s2)C(CN)C1. The summed E-state index contributed by atoms with van der Waals surface area (Å²) in [7, 11) is 1.79. The molecule has 2 N–H and O–H groups in total. The van der Waals surface area contributed by atoms with E-state index in [2.05, 4.69) is 17.9 Å². The van der Waals surface area contributed by atoms with Crippen molar-refractivity contribution in [2.75, 3.05) is 20.2 Å². The molecule has 2 heterocycles. The number of hydrogen-bond acceptors (Lipinski definition) is 4. The second-order valence-electron chi connectivity index (χ2n) is 4.83. The van der Waals surface area contributed by atoms with Crippen molar-refractivity contribution in [2.45, 2.75) is 38.0 Å². The summed E-state index contributed by atoms with van der Waals surface area (Å²) in [4.78, 5) is 3.80. The van der Waals surface area contributed by atoms with Crippen molar-refractivity contribution in [3.8, 4) is 0 Å². The summed E-state index contributed by atoms with van der Waals surface area (Å²) in [5.41, 5.74) is 5.91. The van der Waals surface area contributed by atoms with Gasteiger partial charge in [-0.1, -0.05) is 11.6 Å². The fraction of sp³-hybridized carbons (Fsp3) is 0.692. The average molecular weight is 289 g/mol. The summed E-state index contributed by atoms with van der Waals surface area (Å²) in [5.74, 6) is 0. The largest absolute Gasteiger partial charge is 0.381 e. The standard InChI is InChI=1S/C13H21ClN2OS/c1-9(12-3-4-13(14)18-12)16-6-5-11(17-2)7-10(16)8-15/h3-4,9-11H,5-8,15H2,1-2H3. The minimum Gasteiger partial charge on any atom is -0.381 e. The maximum absolute atomic E-state index is 6.01. The van der Waals surface area contributed by atoms with Crippen molar-refractivity contribution in [1.82, 2.24) is 4.90 Å². The first-order valence-electron chi connectivity index (χ1n) is 6.39. The Bertz CT molecular complexity index is 385. The molecule has 1 aliphatic heterocycles. The lowest BCUT2D eigenvalue weighted by molar-refractivity contribution is -0.00107. The Hall–Kier alpha value is -0.130. The van der Waals surface area contributed by atoms with Gasteiger partial charge >= 0.3 is 0 Å². The van der Waals surface area contributed by atoms with Crippen LogP contribution in [0.15, 0.2) is 12.1 Å². The number of likely N-dealkylation sites (tertiary alicyclic amines) is 1. The number of nitrogens with two attached hydrogens (primary N) is 1. The van der Waals surface area contributed by atoms with Crippen LogP contribution in [-0.4, -0.2) is 37.2 Å². The summed E-state index contributed by atoms with van der Waals surface area (Å²) in [5, 5.41) is 0. The quantitative estimate of drug-likeness (QED) is 0.926. The van der Waals surface area contributed by atoms with Gasteiger partial charge < -0.3 is 10.5 Å². The Kier molecular flexibility index (Phi) is 5.04. The number of hydrogen-bond donors (Lipinski definition) is 1. The summed E-state index contributed by atoms with van der Waals surface area (Å²) in [6.07, 6.45) is 2.46. The van der Waals surface area contributed by atoms with Gasteiger partial charge in [-0.05, 0) is 31.9 Å². The second kappa shape index (κ2) is 6.35. The van der Waals surface area contributed by atoms with E-state index in [1.807, 2.05) is 6.07 Å². The van der Waals surface area contributed by atoms with Crippen LogP contribution in [-0.2, 0) is 4.74 Å². The zero-order valence-electron chi connectivity index (χ0n) is 10.9. The predicted molar refractivity (Wildman–Crippen MR) is 77.3 cm³/mol. The molecule has 0 aromatic carbocycles. The molecule has 2 rings (SSSR count). The Labute approximate surface area is 118 Å². The van der Waals surface area contributed by atoms with Gasteiger partial charge in [0.15, 0.2) is 0 Å². The molecule has 0 saturated carbocycles. The van der Waals surface area contributed by atoms with Crippen LogP contribution in [0.25, 0.3) is 0 Å². The molecule has 1 saturated heterocycles. The lowest BCUT2D eigenvalue weighted by Crippen LogP contribution is -2.49. The molecule has 0 spiro atoms. The van der Waals surface area contributed by atoms with Crippen LogP contribution >= 0.6 is 22.9 Å². The topological polar surface area (TPSA) is 38.5 Å². The first-order chi connectivity index (χ1) is 8.65. The van der Waals surface area contributed by atoms with Gasteiger partial charge in [0.25, 0.3) is 0 Å². The maximum Gasteiger partial charge on any atom is 0.0931 e. The normalized spacial score (nSPS) is 27.3. The molecule has 0 amide bonds. The molecular formula is C13H21ClN2OS. The number of nitrogens with zero attached hydrogens (tertiary/aromatic N) is 1. The van der Waals surface area contributed by atoms with Crippen LogP contribution in [0.1, 0.15) is 30.7 Å². The van der Waals surface area contributed by atoms with Gasteiger partial charge in [0, 0.05) is 37.2 Å². The Morgan fingerprint density at radius 3 is 2.94 bits per heavy atom. The molecule has 1 aromatic heterocycles. The molecule has 0 aliphatic carbocycles. The first kappa shape index (κ1) is 14.3. The van der Waals surface area contributed by atoms with Crippen LogP contribution < -0.4 is 5.73 Å². The van der Waals surface area contributed by atoms with E-state index in [1.165, 1.54) is 4.88 Å². The number of rotatable bonds is 4. The van der Waals surface area contributed by atoms with E-state index in [0.29, 0.717) is 24.7 Å². The summed E-state index contributed by atoms with van der Waals surface area (Å²) < 4.78 is 6.31. The van der Waals surface area contributed by atoms with Crippen LogP contribution in [0, 0.1) is 0 Å². The highest BCUT2D eigenvalue weighted by atomic mass is 35.5. The van der Waals surface area contributed by atoms with Crippen LogP contribution in [0.3, 0.4) is 0 Å². The van der Waals surface area contributed by atoms with Gasteiger partial charge in [0.2, 0.25) is 0 Å². The van der Waals surface area contributed by atoms with E-state index in [4.69, 9.17) is 22.1 Å². The molecule has 1 aromatic rings. The highest BCUT2D eigenvalue weighted by molar-refractivity contribution is 7.16. The van der Waals surface area contributed by atoms with Gasteiger partial charge in [0.1, 0.15) is 0 Å². The van der Waals surface area contributed by atoms with E-state index in [-0.39, 0.29) is 0 Å². The molecule has 1 aliphatic rings. The molecule has 3 nitrogen and oxygen atoms in total. The minimum atomic E-state index is 0.355. The summed E-state index contributed by atoms with van der Waals surface area (Å²) in [6.45, 7) is 3.96. The number of ether oxygens (including phenoxy) is 1. The third-order valence-corrected chi connectivity index (χ3v) is 5.22. The lowest BCUT2D eigenvalue weighted by atomic mass is 9.97. The highest BCUT2D eigenvalue weighted by Gasteiger charge is 2.31. The molecule has 0 bridgehead atoms. The number of piperidine rings is 1. The van der Waals surface area contributed by atoms with Crippen molar-refractivity contribution in [2.24, 2.45) is 5.73 Å². The van der Waals surface area contributed by atoms with Gasteiger partial charge in [-0.15, -0.1) is 11.3 Å². The fourth-order valence-electron chi connectivity index (χ4n) is 2.70. The Morgan fingerprint density at radius 2 is 2.39 bits per heavy atom. The molecule has 3 atom stereocenters. The summed E-state index contributed by atoms with van der Waals surface area (Å²) >= 11 is 7.67. The lowest BCUT2D eigenvalue weighted by Gasteiger charge is -2.41. The van der Waals surface area contributed by atoms with Crippen molar-refractivity contribution in [3.05, 3.63) is 21.3 Å². The van der Waals surface area contributed by atoms with Crippen molar-refractivity contribution >= 4 is 22.9 Å². The molecule has 3 unspecified atom stereocenters. The molecule has 5 heteroatoms. The Balaban J connectivity index is 2.07. The van der Waals surface area contributed by atoms with E-state index < -0.39 is 0 Å². The highest BCUT2D eigenvalue weighted by Crippen LogP contribution is 2.34. The minimum absolute atomic E-state index is 0.355. The van der Waals surface area contributed by atoms with Crippen LogP contribution in [0.5, 0.6) is 0 Å². The molecule has 102 valence electrons. The van der Waals surface area contributed by atoms with E-state index in [1.54, 1.807) is 18.4 Å². The third kappa shape index (κ3) is 3.06.